The van der Waals surface area contributed by atoms with Gasteiger partial charge < -0.3 is 10.2 Å². The summed E-state index contributed by atoms with van der Waals surface area (Å²) < 4.78 is 1.85. The molecule has 0 bridgehead atoms. The molecule has 1 saturated heterocycles. The summed E-state index contributed by atoms with van der Waals surface area (Å²) >= 11 is 0. The summed E-state index contributed by atoms with van der Waals surface area (Å²) in [7, 11) is 0. The highest BCUT2D eigenvalue weighted by Gasteiger charge is 2.38. The third-order valence-electron chi connectivity index (χ3n) is 4.81. The molecule has 0 unspecified atom stereocenters. The topological polar surface area (TPSA) is 75.9 Å². The van der Waals surface area contributed by atoms with Crippen LogP contribution in [0.1, 0.15) is 42.0 Å². The molecule has 7 heteroatoms. The standard InChI is InChI=1S/C17H22N6O/c1-12-19-8-9-22(12)16-11-20-15(10-21-16)17(24)23(13-2-3-13)14-4-6-18-7-5-14/h8-11,13-14,18H,2-7H2,1H3. The van der Waals surface area contributed by atoms with E-state index in [-0.39, 0.29) is 5.91 Å². The van der Waals surface area contributed by atoms with Crippen LogP contribution in [0.3, 0.4) is 0 Å². The van der Waals surface area contributed by atoms with Gasteiger partial charge in [-0.1, -0.05) is 0 Å². The molecule has 2 fully saturated rings. The number of carbonyl (C=O) groups is 1. The van der Waals surface area contributed by atoms with Crippen LogP contribution in [0.25, 0.3) is 5.82 Å². The van der Waals surface area contributed by atoms with E-state index in [9.17, 15) is 4.79 Å². The summed E-state index contributed by atoms with van der Waals surface area (Å²) in [5, 5.41) is 3.36. The molecule has 0 spiro atoms. The number of amides is 1. The van der Waals surface area contributed by atoms with Crippen LogP contribution in [-0.2, 0) is 0 Å². The Kier molecular flexibility index (Phi) is 4.02. The molecule has 2 aromatic rings. The fourth-order valence-corrected chi connectivity index (χ4v) is 3.38. The van der Waals surface area contributed by atoms with Crippen molar-refractivity contribution in [1.82, 2.24) is 29.7 Å². The third kappa shape index (κ3) is 2.91. The molecule has 0 aromatic carbocycles. The number of hydrogen-bond acceptors (Lipinski definition) is 5. The van der Waals surface area contributed by atoms with Crippen molar-refractivity contribution in [2.45, 2.75) is 44.7 Å². The van der Waals surface area contributed by atoms with Gasteiger partial charge in [0.15, 0.2) is 5.82 Å². The molecule has 1 N–H and O–H groups in total. The van der Waals surface area contributed by atoms with Gasteiger partial charge in [-0.3, -0.25) is 9.36 Å². The first-order valence-corrected chi connectivity index (χ1v) is 8.60. The molecule has 7 nitrogen and oxygen atoms in total. The zero-order valence-corrected chi connectivity index (χ0v) is 13.9. The lowest BCUT2D eigenvalue weighted by molar-refractivity contribution is 0.0616. The van der Waals surface area contributed by atoms with E-state index in [0.29, 0.717) is 23.6 Å². The van der Waals surface area contributed by atoms with Gasteiger partial charge in [-0.15, -0.1) is 0 Å². The van der Waals surface area contributed by atoms with Gasteiger partial charge >= 0.3 is 0 Å². The maximum Gasteiger partial charge on any atom is 0.274 e. The molecule has 126 valence electrons. The molecule has 4 rings (SSSR count). The minimum absolute atomic E-state index is 0.0193. The number of nitrogens with zero attached hydrogens (tertiary/aromatic N) is 5. The van der Waals surface area contributed by atoms with Crippen molar-refractivity contribution in [1.29, 1.82) is 0 Å². The smallest absolute Gasteiger partial charge is 0.274 e. The minimum atomic E-state index is 0.0193. The predicted molar refractivity (Wildman–Crippen MR) is 89.0 cm³/mol. The fourth-order valence-electron chi connectivity index (χ4n) is 3.38. The van der Waals surface area contributed by atoms with Crippen molar-refractivity contribution < 1.29 is 4.79 Å². The molecule has 1 aliphatic carbocycles. The Bertz CT molecular complexity index is 715. The number of carbonyl (C=O) groups excluding carboxylic acids is 1. The van der Waals surface area contributed by atoms with Gasteiger partial charge in [0.2, 0.25) is 0 Å². The zero-order chi connectivity index (χ0) is 16.5. The van der Waals surface area contributed by atoms with Gasteiger partial charge in [-0.05, 0) is 45.7 Å². The van der Waals surface area contributed by atoms with Crippen molar-refractivity contribution in [2.75, 3.05) is 13.1 Å². The van der Waals surface area contributed by atoms with Crippen LogP contribution in [0.5, 0.6) is 0 Å². The number of imidazole rings is 1. The minimum Gasteiger partial charge on any atom is -0.331 e. The number of nitrogens with one attached hydrogen (secondary N) is 1. The maximum absolute atomic E-state index is 13.0. The van der Waals surface area contributed by atoms with E-state index in [2.05, 4.69) is 25.2 Å². The van der Waals surface area contributed by atoms with Gasteiger partial charge in [-0.2, -0.15) is 0 Å². The molecule has 1 saturated carbocycles. The van der Waals surface area contributed by atoms with Crippen LogP contribution in [-0.4, -0.2) is 55.5 Å². The fraction of sp³-hybridized carbons (Fsp3) is 0.529. The second-order valence-corrected chi connectivity index (χ2v) is 6.53. The van der Waals surface area contributed by atoms with E-state index in [0.717, 1.165) is 44.6 Å². The van der Waals surface area contributed by atoms with Gasteiger partial charge in [-0.25, -0.2) is 15.0 Å². The summed E-state index contributed by atoms with van der Waals surface area (Å²) in [5.74, 6) is 1.55. The first kappa shape index (κ1) is 15.3. The average molecular weight is 326 g/mol. The van der Waals surface area contributed by atoms with Gasteiger partial charge in [0, 0.05) is 24.5 Å². The normalized spacial score (nSPS) is 18.5. The Balaban J connectivity index is 1.55. The van der Waals surface area contributed by atoms with E-state index < -0.39 is 0 Å². The number of rotatable bonds is 4. The molecule has 2 aromatic heterocycles. The molecule has 1 aliphatic heterocycles. The molecular formula is C17H22N6O. The van der Waals surface area contributed by atoms with Crippen LogP contribution in [0, 0.1) is 6.92 Å². The Labute approximate surface area is 141 Å². The molecule has 3 heterocycles. The predicted octanol–water partition coefficient (Wildman–Crippen LogP) is 1.33. The summed E-state index contributed by atoms with van der Waals surface area (Å²) in [6.45, 7) is 3.87. The quantitative estimate of drug-likeness (QED) is 0.917. The molecular weight excluding hydrogens is 304 g/mol. The number of piperidine rings is 1. The van der Waals surface area contributed by atoms with Crippen molar-refractivity contribution in [2.24, 2.45) is 0 Å². The lowest BCUT2D eigenvalue weighted by Gasteiger charge is -2.34. The second-order valence-electron chi connectivity index (χ2n) is 6.53. The van der Waals surface area contributed by atoms with Crippen molar-refractivity contribution >= 4 is 5.91 Å². The van der Waals surface area contributed by atoms with E-state index in [4.69, 9.17) is 0 Å². The lowest BCUT2D eigenvalue weighted by Crippen LogP contribution is -2.47. The monoisotopic (exact) mass is 326 g/mol. The lowest BCUT2D eigenvalue weighted by atomic mass is 10.0. The summed E-state index contributed by atoms with van der Waals surface area (Å²) in [4.78, 5) is 28.0. The first-order valence-electron chi connectivity index (χ1n) is 8.60. The molecule has 2 aliphatic rings. The summed E-state index contributed by atoms with van der Waals surface area (Å²) in [5.41, 5.74) is 0.432. The van der Waals surface area contributed by atoms with E-state index in [1.807, 2.05) is 17.7 Å². The Hall–Kier alpha value is -2.28. The number of aryl methyl sites for hydroxylation is 1. The van der Waals surface area contributed by atoms with Crippen molar-refractivity contribution in [3.63, 3.8) is 0 Å². The van der Waals surface area contributed by atoms with Crippen LogP contribution in [0.4, 0.5) is 0 Å². The maximum atomic E-state index is 13.0. The Morgan fingerprint density at radius 2 is 1.88 bits per heavy atom. The average Bonchev–Trinajstić information content (AvgIpc) is 3.36. The molecule has 24 heavy (non-hydrogen) atoms. The van der Waals surface area contributed by atoms with Crippen molar-refractivity contribution in [3.8, 4) is 5.82 Å². The van der Waals surface area contributed by atoms with E-state index in [1.165, 1.54) is 0 Å². The van der Waals surface area contributed by atoms with Gasteiger partial charge in [0.25, 0.3) is 5.91 Å². The van der Waals surface area contributed by atoms with Crippen LogP contribution >= 0.6 is 0 Å². The Morgan fingerprint density at radius 3 is 2.46 bits per heavy atom. The highest BCUT2D eigenvalue weighted by Crippen LogP contribution is 2.32. The largest absolute Gasteiger partial charge is 0.331 e. The van der Waals surface area contributed by atoms with Gasteiger partial charge in [0.05, 0.1) is 12.4 Å². The highest BCUT2D eigenvalue weighted by molar-refractivity contribution is 5.92. The first-order chi connectivity index (χ1) is 11.7. The summed E-state index contributed by atoms with van der Waals surface area (Å²) in [6, 6.07) is 0.710. The van der Waals surface area contributed by atoms with Crippen molar-refractivity contribution in [3.05, 3.63) is 36.3 Å². The Morgan fingerprint density at radius 1 is 1.12 bits per heavy atom. The van der Waals surface area contributed by atoms with Gasteiger partial charge in [0.1, 0.15) is 11.5 Å². The highest BCUT2D eigenvalue weighted by atomic mass is 16.2. The van der Waals surface area contributed by atoms with Crippen LogP contribution in [0.15, 0.2) is 24.8 Å². The van der Waals surface area contributed by atoms with Crippen LogP contribution < -0.4 is 5.32 Å². The van der Waals surface area contributed by atoms with E-state index >= 15 is 0 Å². The van der Waals surface area contributed by atoms with E-state index in [1.54, 1.807) is 18.6 Å². The molecule has 0 atom stereocenters. The second kappa shape index (κ2) is 6.32. The zero-order valence-electron chi connectivity index (χ0n) is 13.9. The SMILES string of the molecule is Cc1nccn1-c1cnc(C(=O)N(C2CCNCC2)C2CC2)cn1. The number of aromatic nitrogens is 4. The van der Waals surface area contributed by atoms with Crippen LogP contribution in [0.2, 0.25) is 0 Å². The molecule has 0 radical (unpaired) electrons. The summed E-state index contributed by atoms with van der Waals surface area (Å²) in [6.07, 6.45) is 11.0. The molecule has 1 amide bonds. The third-order valence-corrected chi connectivity index (χ3v) is 4.81. The number of hydrogen-bond donors (Lipinski definition) is 1.